The standard InChI is InChI=1S/C13H8BrN3O3S/c14-9-4-6(5-21-9)11(18)15-8-3-1-2-7-10(8)13(20)17-16-12(7)19/h1-5H,(H,15,18)(H,16,19)(H,17,20). The first kappa shape index (κ1) is 13.8. The quantitative estimate of drug-likeness (QED) is 0.650. The van der Waals surface area contributed by atoms with Crippen molar-refractivity contribution in [2.75, 3.05) is 5.32 Å². The van der Waals surface area contributed by atoms with Crippen molar-refractivity contribution in [2.45, 2.75) is 0 Å². The molecule has 0 aliphatic heterocycles. The van der Waals surface area contributed by atoms with Crippen molar-refractivity contribution in [2.24, 2.45) is 0 Å². The molecule has 2 heterocycles. The third-order valence-corrected chi connectivity index (χ3v) is 4.41. The summed E-state index contributed by atoms with van der Waals surface area (Å²) in [6.45, 7) is 0. The Morgan fingerprint density at radius 2 is 1.95 bits per heavy atom. The lowest BCUT2D eigenvalue weighted by Crippen LogP contribution is -2.21. The minimum Gasteiger partial charge on any atom is -0.321 e. The molecule has 3 N–H and O–H groups in total. The first-order valence-corrected chi connectivity index (χ1v) is 7.52. The number of H-pyrrole nitrogens is 2. The summed E-state index contributed by atoms with van der Waals surface area (Å²) >= 11 is 4.67. The SMILES string of the molecule is O=C(Nc1cccc2c(=O)[nH][nH]c(=O)c12)c1csc(Br)c1. The number of aromatic amines is 2. The summed E-state index contributed by atoms with van der Waals surface area (Å²) in [4.78, 5) is 35.7. The molecule has 0 spiro atoms. The Morgan fingerprint density at radius 3 is 2.67 bits per heavy atom. The molecular weight excluding hydrogens is 358 g/mol. The molecule has 8 heteroatoms. The smallest absolute Gasteiger partial charge is 0.272 e. The highest BCUT2D eigenvalue weighted by Crippen LogP contribution is 2.23. The molecule has 0 aliphatic rings. The van der Waals surface area contributed by atoms with Crippen molar-refractivity contribution < 1.29 is 4.79 Å². The molecular formula is C13H8BrN3O3S. The van der Waals surface area contributed by atoms with Gasteiger partial charge >= 0.3 is 0 Å². The van der Waals surface area contributed by atoms with Crippen LogP contribution < -0.4 is 16.4 Å². The van der Waals surface area contributed by atoms with Crippen LogP contribution >= 0.6 is 27.3 Å². The summed E-state index contributed by atoms with van der Waals surface area (Å²) in [5.41, 5.74) is -0.108. The van der Waals surface area contributed by atoms with Crippen LogP contribution in [0.25, 0.3) is 10.8 Å². The summed E-state index contributed by atoms with van der Waals surface area (Å²) in [6.07, 6.45) is 0. The highest BCUT2D eigenvalue weighted by molar-refractivity contribution is 9.11. The van der Waals surface area contributed by atoms with E-state index in [0.29, 0.717) is 11.3 Å². The Bertz CT molecular complexity index is 957. The van der Waals surface area contributed by atoms with Gasteiger partial charge < -0.3 is 5.32 Å². The summed E-state index contributed by atoms with van der Waals surface area (Å²) in [7, 11) is 0. The van der Waals surface area contributed by atoms with E-state index in [1.54, 1.807) is 23.6 Å². The van der Waals surface area contributed by atoms with Crippen LogP contribution in [0.4, 0.5) is 5.69 Å². The van der Waals surface area contributed by atoms with Gasteiger partial charge in [0.1, 0.15) is 0 Å². The van der Waals surface area contributed by atoms with Crippen molar-refractivity contribution in [1.29, 1.82) is 0 Å². The number of carbonyl (C=O) groups excluding carboxylic acids is 1. The third-order valence-electron chi connectivity index (χ3n) is 2.90. The van der Waals surface area contributed by atoms with Gasteiger partial charge in [0, 0.05) is 5.38 Å². The zero-order chi connectivity index (χ0) is 15.0. The lowest BCUT2D eigenvalue weighted by Gasteiger charge is -2.06. The fourth-order valence-electron chi connectivity index (χ4n) is 1.96. The summed E-state index contributed by atoms with van der Waals surface area (Å²) in [6, 6.07) is 6.40. The normalized spacial score (nSPS) is 10.7. The number of thiophene rings is 1. The lowest BCUT2D eigenvalue weighted by atomic mass is 10.1. The molecule has 0 saturated carbocycles. The number of rotatable bonds is 2. The number of anilines is 1. The molecule has 21 heavy (non-hydrogen) atoms. The Balaban J connectivity index is 2.09. The van der Waals surface area contributed by atoms with Gasteiger partial charge in [0.25, 0.3) is 17.0 Å². The fraction of sp³-hybridized carbons (Fsp3) is 0. The van der Waals surface area contributed by atoms with E-state index in [2.05, 4.69) is 31.4 Å². The maximum absolute atomic E-state index is 12.1. The molecule has 106 valence electrons. The summed E-state index contributed by atoms with van der Waals surface area (Å²) < 4.78 is 0.833. The molecule has 1 amide bonds. The second-order valence-corrected chi connectivity index (χ2v) is 6.52. The van der Waals surface area contributed by atoms with Gasteiger partial charge in [-0.2, -0.15) is 0 Å². The van der Waals surface area contributed by atoms with Crippen LogP contribution in [0.2, 0.25) is 0 Å². The van der Waals surface area contributed by atoms with Crippen molar-refractivity contribution in [1.82, 2.24) is 10.2 Å². The van der Waals surface area contributed by atoms with Gasteiger partial charge in [-0.05, 0) is 34.1 Å². The van der Waals surface area contributed by atoms with Gasteiger partial charge in [-0.3, -0.25) is 24.6 Å². The van der Waals surface area contributed by atoms with Gasteiger partial charge in [-0.15, -0.1) is 11.3 Å². The van der Waals surface area contributed by atoms with E-state index < -0.39 is 11.1 Å². The van der Waals surface area contributed by atoms with Crippen LogP contribution in [-0.4, -0.2) is 16.1 Å². The molecule has 2 aromatic heterocycles. The van der Waals surface area contributed by atoms with Crippen LogP contribution in [-0.2, 0) is 0 Å². The van der Waals surface area contributed by atoms with E-state index in [1.807, 2.05) is 0 Å². The highest BCUT2D eigenvalue weighted by Gasteiger charge is 2.13. The van der Waals surface area contributed by atoms with Crippen LogP contribution in [0.1, 0.15) is 10.4 Å². The molecule has 3 rings (SSSR count). The average molecular weight is 366 g/mol. The van der Waals surface area contributed by atoms with Crippen molar-refractivity contribution >= 4 is 49.6 Å². The van der Waals surface area contributed by atoms with E-state index in [1.165, 1.54) is 17.4 Å². The maximum atomic E-state index is 12.1. The molecule has 6 nitrogen and oxygen atoms in total. The van der Waals surface area contributed by atoms with Crippen LogP contribution in [0, 0.1) is 0 Å². The van der Waals surface area contributed by atoms with Gasteiger partial charge in [0.05, 0.1) is 25.8 Å². The van der Waals surface area contributed by atoms with Gasteiger partial charge in [0.15, 0.2) is 0 Å². The molecule has 0 aliphatic carbocycles. The van der Waals surface area contributed by atoms with E-state index in [0.717, 1.165) is 3.79 Å². The number of amides is 1. The average Bonchev–Trinajstić information content (AvgIpc) is 2.90. The topological polar surface area (TPSA) is 94.8 Å². The number of nitrogens with one attached hydrogen (secondary N) is 3. The van der Waals surface area contributed by atoms with Gasteiger partial charge in [0.2, 0.25) is 0 Å². The Morgan fingerprint density at radius 1 is 1.19 bits per heavy atom. The van der Waals surface area contributed by atoms with E-state index in [9.17, 15) is 14.4 Å². The first-order chi connectivity index (χ1) is 10.1. The number of aromatic nitrogens is 2. The van der Waals surface area contributed by atoms with E-state index in [4.69, 9.17) is 0 Å². The third kappa shape index (κ3) is 2.55. The number of carbonyl (C=O) groups is 1. The second-order valence-electron chi connectivity index (χ2n) is 4.23. The number of fused-ring (bicyclic) bond motifs is 1. The van der Waals surface area contributed by atoms with Crippen LogP contribution in [0.3, 0.4) is 0 Å². The largest absolute Gasteiger partial charge is 0.321 e. The van der Waals surface area contributed by atoms with E-state index in [-0.39, 0.29) is 16.7 Å². The number of hydrogen-bond acceptors (Lipinski definition) is 4. The predicted octanol–water partition coefficient (Wildman–Crippen LogP) is 2.29. The Hall–Kier alpha value is -2.19. The molecule has 0 saturated heterocycles. The number of hydrogen-bond donors (Lipinski definition) is 3. The van der Waals surface area contributed by atoms with Crippen molar-refractivity contribution in [3.05, 3.63) is 59.7 Å². The Labute approximate surface area is 129 Å². The number of halogens is 1. The molecule has 0 radical (unpaired) electrons. The second kappa shape index (κ2) is 5.30. The molecule has 0 unspecified atom stereocenters. The van der Waals surface area contributed by atoms with Crippen molar-refractivity contribution in [3.8, 4) is 0 Å². The highest BCUT2D eigenvalue weighted by atomic mass is 79.9. The van der Waals surface area contributed by atoms with Crippen LogP contribution in [0.15, 0.2) is 43.0 Å². The zero-order valence-electron chi connectivity index (χ0n) is 10.4. The fourth-order valence-corrected chi connectivity index (χ4v) is 3.09. The predicted molar refractivity (Wildman–Crippen MR) is 85.2 cm³/mol. The zero-order valence-corrected chi connectivity index (χ0v) is 12.8. The summed E-state index contributed by atoms with van der Waals surface area (Å²) in [5, 5.41) is 9.23. The molecule has 0 bridgehead atoms. The molecule has 0 atom stereocenters. The van der Waals surface area contributed by atoms with Gasteiger partial charge in [-0.1, -0.05) is 6.07 Å². The summed E-state index contributed by atoms with van der Waals surface area (Å²) in [5.74, 6) is -0.343. The minimum absolute atomic E-state index is 0.156. The number of benzene rings is 1. The van der Waals surface area contributed by atoms with Gasteiger partial charge in [-0.25, -0.2) is 0 Å². The molecule has 1 aromatic carbocycles. The first-order valence-electron chi connectivity index (χ1n) is 5.85. The minimum atomic E-state index is -0.466. The van der Waals surface area contributed by atoms with Crippen LogP contribution in [0.5, 0.6) is 0 Å². The lowest BCUT2D eigenvalue weighted by molar-refractivity contribution is 0.102. The van der Waals surface area contributed by atoms with Crippen molar-refractivity contribution in [3.63, 3.8) is 0 Å². The monoisotopic (exact) mass is 365 g/mol. The Kier molecular flexibility index (Phi) is 3.48. The molecule has 3 aromatic rings. The maximum Gasteiger partial charge on any atom is 0.272 e. The van der Waals surface area contributed by atoms with E-state index >= 15 is 0 Å². The molecule has 0 fully saturated rings.